The lowest BCUT2D eigenvalue weighted by molar-refractivity contribution is -0.123. The molecule has 0 aliphatic carbocycles. The van der Waals surface area contributed by atoms with Crippen molar-refractivity contribution in [3.63, 3.8) is 0 Å². The molecule has 0 saturated carbocycles. The molecule has 0 unspecified atom stereocenters. The van der Waals surface area contributed by atoms with Crippen LogP contribution in [0.15, 0.2) is 29.0 Å². The Bertz CT molecular complexity index is 814. The highest BCUT2D eigenvalue weighted by molar-refractivity contribution is 7.07. The number of nitrogens with one attached hydrogen (secondary N) is 1. The first-order valence-corrected chi connectivity index (χ1v) is 9.28. The Hall–Kier alpha value is -2.54. The SMILES string of the molecule is CC1(C)CC(=O)c2c(O)cc(OCC(=O)NCCc3ccsc3)cc2O1. The van der Waals surface area contributed by atoms with Gasteiger partial charge < -0.3 is 19.9 Å². The smallest absolute Gasteiger partial charge is 0.257 e. The van der Waals surface area contributed by atoms with E-state index < -0.39 is 5.60 Å². The van der Waals surface area contributed by atoms with Crippen LogP contribution in [0, 0.1) is 0 Å². The molecule has 1 aliphatic heterocycles. The van der Waals surface area contributed by atoms with Crippen molar-refractivity contribution in [3.05, 3.63) is 40.1 Å². The van der Waals surface area contributed by atoms with Gasteiger partial charge in [-0.2, -0.15) is 11.3 Å². The van der Waals surface area contributed by atoms with Crippen LogP contribution in [-0.4, -0.2) is 35.5 Å². The van der Waals surface area contributed by atoms with Gasteiger partial charge in [0, 0.05) is 18.7 Å². The van der Waals surface area contributed by atoms with Gasteiger partial charge in [-0.3, -0.25) is 9.59 Å². The molecule has 2 aromatic rings. The monoisotopic (exact) mass is 375 g/mol. The van der Waals surface area contributed by atoms with Gasteiger partial charge in [0.2, 0.25) is 0 Å². The lowest BCUT2D eigenvalue weighted by atomic mass is 9.92. The maximum absolute atomic E-state index is 12.2. The molecule has 0 fully saturated rings. The summed E-state index contributed by atoms with van der Waals surface area (Å²) in [6.07, 6.45) is 0.959. The molecule has 1 aromatic carbocycles. The average molecular weight is 375 g/mol. The van der Waals surface area contributed by atoms with Crippen LogP contribution < -0.4 is 14.8 Å². The van der Waals surface area contributed by atoms with E-state index >= 15 is 0 Å². The van der Waals surface area contributed by atoms with E-state index in [0.717, 1.165) is 6.42 Å². The highest BCUT2D eigenvalue weighted by Crippen LogP contribution is 2.40. The van der Waals surface area contributed by atoms with Crippen LogP contribution in [0.1, 0.15) is 36.2 Å². The average Bonchev–Trinajstić information content (AvgIpc) is 3.04. The van der Waals surface area contributed by atoms with E-state index in [4.69, 9.17) is 9.47 Å². The number of amides is 1. The second kappa shape index (κ2) is 7.37. The third-order valence-corrected chi connectivity index (χ3v) is 4.72. The Morgan fingerprint density at radius 2 is 2.23 bits per heavy atom. The topological polar surface area (TPSA) is 84.9 Å². The van der Waals surface area contributed by atoms with Crippen molar-refractivity contribution < 1.29 is 24.2 Å². The van der Waals surface area contributed by atoms with Gasteiger partial charge in [0.15, 0.2) is 12.4 Å². The van der Waals surface area contributed by atoms with Crippen LogP contribution >= 0.6 is 11.3 Å². The van der Waals surface area contributed by atoms with E-state index in [1.54, 1.807) is 25.2 Å². The molecule has 0 radical (unpaired) electrons. The molecule has 138 valence electrons. The molecule has 0 saturated heterocycles. The molecule has 1 amide bonds. The first kappa shape index (κ1) is 18.3. The van der Waals surface area contributed by atoms with Gasteiger partial charge in [-0.15, -0.1) is 0 Å². The lowest BCUT2D eigenvalue weighted by Gasteiger charge is -2.32. The van der Waals surface area contributed by atoms with E-state index in [0.29, 0.717) is 6.54 Å². The van der Waals surface area contributed by atoms with Crippen molar-refractivity contribution in [2.45, 2.75) is 32.3 Å². The summed E-state index contributed by atoms with van der Waals surface area (Å²) in [5.74, 6) is -0.0732. The second-order valence-corrected chi connectivity index (χ2v) is 7.58. The lowest BCUT2D eigenvalue weighted by Crippen LogP contribution is -2.36. The van der Waals surface area contributed by atoms with Crippen LogP contribution in [0.5, 0.6) is 17.2 Å². The van der Waals surface area contributed by atoms with Crippen molar-refractivity contribution in [2.24, 2.45) is 0 Å². The number of hydrogen-bond acceptors (Lipinski definition) is 6. The van der Waals surface area contributed by atoms with Crippen LogP contribution in [-0.2, 0) is 11.2 Å². The van der Waals surface area contributed by atoms with Gasteiger partial charge in [0.05, 0.1) is 6.42 Å². The number of hydrogen-bond donors (Lipinski definition) is 2. The van der Waals surface area contributed by atoms with E-state index in [1.165, 1.54) is 17.7 Å². The maximum Gasteiger partial charge on any atom is 0.257 e. The molecular weight excluding hydrogens is 354 g/mol. The van der Waals surface area contributed by atoms with Gasteiger partial charge in [-0.05, 0) is 42.7 Å². The number of Topliss-reactive ketones (excluding diaryl/α,β-unsaturated/α-hetero) is 1. The number of carbonyl (C=O) groups is 2. The number of rotatable bonds is 6. The Balaban J connectivity index is 1.57. The maximum atomic E-state index is 12.2. The first-order chi connectivity index (χ1) is 12.3. The third kappa shape index (κ3) is 4.35. The minimum absolute atomic E-state index is 0.164. The zero-order chi connectivity index (χ0) is 18.7. The molecule has 0 atom stereocenters. The normalized spacial score (nSPS) is 15.1. The molecule has 0 spiro atoms. The van der Waals surface area contributed by atoms with Crippen molar-refractivity contribution in [2.75, 3.05) is 13.2 Å². The largest absolute Gasteiger partial charge is 0.507 e. The Labute approximate surface area is 155 Å². The summed E-state index contributed by atoms with van der Waals surface area (Å²) in [6.45, 7) is 3.96. The Morgan fingerprint density at radius 1 is 1.42 bits per heavy atom. The van der Waals surface area contributed by atoms with Crippen molar-refractivity contribution >= 4 is 23.0 Å². The summed E-state index contributed by atoms with van der Waals surface area (Å²) in [7, 11) is 0. The molecule has 3 rings (SSSR count). The number of fused-ring (bicyclic) bond motifs is 1. The molecule has 6 nitrogen and oxygen atoms in total. The summed E-state index contributed by atoms with van der Waals surface area (Å²) < 4.78 is 11.2. The number of ether oxygens (including phenoxy) is 2. The predicted octanol–water partition coefficient (Wildman–Crippen LogP) is 2.94. The highest BCUT2D eigenvalue weighted by Gasteiger charge is 2.34. The third-order valence-electron chi connectivity index (χ3n) is 3.99. The zero-order valence-electron chi connectivity index (χ0n) is 14.7. The van der Waals surface area contributed by atoms with E-state index in [2.05, 4.69) is 5.32 Å². The zero-order valence-corrected chi connectivity index (χ0v) is 15.5. The molecule has 26 heavy (non-hydrogen) atoms. The molecule has 0 bridgehead atoms. The van der Waals surface area contributed by atoms with E-state index in [9.17, 15) is 14.7 Å². The molecule has 2 N–H and O–H groups in total. The summed E-state index contributed by atoms with van der Waals surface area (Å²) >= 11 is 1.62. The minimum atomic E-state index is -0.645. The number of carbonyl (C=O) groups excluding carboxylic acids is 2. The van der Waals surface area contributed by atoms with Crippen molar-refractivity contribution in [3.8, 4) is 17.2 Å². The molecule has 7 heteroatoms. The van der Waals surface area contributed by atoms with Gasteiger partial charge in [-0.1, -0.05) is 0 Å². The number of aromatic hydroxyl groups is 1. The van der Waals surface area contributed by atoms with Gasteiger partial charge >= 0.3 is 0 Å². The number of thiophene rings is 1. The predicted molar refractivity (Wildman–Crippen MR) is 98.3 cm³/mol. The number of phenols is 1. The summed E-state index contributed by atoms with van der Waals surface area (Å²) in [4.78, 5) is 24.1. The fraction of sp³-hybridized carbons (Fsp3) is 0.368. The second-order valence-electron chi connectivity index (χ2n) is 6.80. The summed E-state index contributed by atoms with van der Waals surface area (Å²) in [6, 6.07) is 4.88. The van der Waals surface area contributed by atoms with Crippen LogP contribution in [0.4, 0.5) is 0 Å². The molecule has 1 aromatic heterocycles. The Morgan fingerprint density at radius 3 is 2.96 bits per heavy atom. The van der Waals surface area contributed by atoms with Gasteiger partial charge in [0.1, 0.15) is 28.4 Å². The van der Waals surface area contributed by atoms with Crippen LogP contribution in [0.2, 0.25) is 0 Å². The van der Waals surface area contributed by atoms with Gasteiger partial charge in [0.25, 0.3) is 5.91 Å². The summed E-state index contributed by atoms with van der Waals surface area (Å²) in [5, 5.41) is 16.9. The first-order valence-electron chi connectivity index (χ1n) is 8.34. The van der Waals surface area contributed by atoms with Crippen LogP contribution in [0.25, 0.3) is 0 Å². The summed E-state index contributed by atoms with van der Waals surface area (Å²) in [5.41, 5.74) is 0.700. The molecule has 2 heterocycles. The van der Waals surface area contributed by atoms with E-state index in [1.807, 2.05) is 16.8 Å². The van der Waals surface area contributed by atoms with Crippen LogP contribution in [0.3, 0.4) is 0 Å². The number of ketones is 1. The molecule has 1 aliphatic rings. The van der Waals surface area contributed by atoms with Gasteiger partial charge in [-0.25, -0.2) is 0 Å². The fourth-order valence-corrected chi connectivity index (χ4v) is 3.51. The minimum Gasteiger partial charge on any atom is -0.507 e. The van der Waals surface area contributed by atoms with Crippen molar-refractivity contribution in [1.82, 2.24) is 5.32 Å². The number of phenolic OH excluding ortho intramolecular Hbond substituents is 1. The quantitative estimate of drug-likeness (QED) is 0.811. The standard InChI is InChI=1S/C19H21NO5S/c1-19(2)9-15(22)18-14(21)7-13(8-16(18)25-19)24-10-17(23)20-5-3-12-4-6-26-11-12/h4,6-8,11,21H,3,5,9-10H2,1-2H3,(H,20,23). The Kier molecular flexibility index (Phi) is 5.18. The van der Waals surface area contributed by atoms with E-state index in [-0.39, 0.29) is 47.5 Å². The molecular formula is C19H21NO5S. The van der Waals surface area contributed by atoms with Crippen molar-refractivity contribution in [1.29, 1.82) is 0 Å². The fourth-order valence-electron chi connectivity index (χ4n) is 2.81. The number of benzene rings is 1. The highest BCUT2D eigenvalue weighted by atomic mass is 32.1.